The number of carbonyl (C=O) groups is 1. The predicted molar refractivity (Wildman–Crippen MR) is 102 cm³/mol. The molecule has 9 heteroatoms. The van der Waals surface area contributed by atoms with Gasteiger partial charge in [0.1, 0.15) is 5.69 Å². The maximum atomic E-state index is 12.6. The number of alkyl halides is 3. The fourth-order valence-corrected chi connectivity index (χ4v) is 3.11. The summed E-state index contributed by atoms with van der Waals surface area (Å²) in [6.07, 6.45) is -1.61. The van der Waals surface area contributed by atoms with Crippen LogP contribution in [0, 0.1) is 10.1 Å². The summed E-state index contributed by atoms with van der Waals surface area (Å²) in [4.78, 5) is 26.6. The molecule has 0 aliphatic carbocycles. The highest BCUT2D eigenvalue weighted by molar-refractivity contribution is 5.92. The molecule has 1 aliphatic heterocycles. The Balaban J connectivity index is 1.59. The second-order valence-electron chi connectivity index (χ2n) is 6.51. The molecule has 1 amide bonds. The third kappa shape index (κ3) is 4.92. The van der Waals surface area contributed by atoms with Crippen LogP contribution >= 0.6 is 0 Å². The topological polar surface area (TPSA) is 66.7 Å². The van der Waals surface area contributed by atoms with Gasteiger partial charge in [-0.1, -0.05) is 24.3 Å². The fourth-order valence-electron chi connectivity index (χ4n) is 3.11. The molecule has 152 valence electrons. The number of nitro groups is 1. The summed E-state index contributed by atoms with van der Waals surface area (Å²) in [5.41, 5.74) is 0.288. The minimum Gasteiger partial charge on any atom is -0.362 e. The van der Waals surface area contributed by atoms with Crippen LogP contribution in [0.25, 0.3) is 6.08 Å². The maximum absolute atomic E-state index is 12.6. The molecule has 3 rings (SSSR count). The molecule has 1 fully saturated rings. The van der Waals surface area contributed by atoms with Crippen molar-refractivity contribution in [1.29, 1.82) is 0 Å². The predicted octanol–water partition coefficient (Wildman–Crippen LogP) is 3.98. The van der Waals surface area contributed by atoms with Gasteiger partial charge in [-0.2, -0.15) is 13.2 Å². The number of nitrogens with zero attached hydrogens (tertiary/aromatic N) is 3. The van der Waals surface area contributed by atoms with Gasteiger partial charge in [0.15, 0.2) is 0 Å². The molecule has 0 aromatic heterocycles. The Hall–Kier alpha value is -3.36. The number of rotatable bonds is 4. The zero-order chi connectivity index (χ0) is 21.0. The van der Waals surface area contributed by atoms with Gasteiger partial charge in [0.05, 0.1) is 10.5 Å². The lowest BCUT2D eigenvalue weighted by molar-refractivity contribution is -0.384. The van der Waals surface area contributed by atoms with Crippen molar-refractivity contribution in [3.8, 4) is 0 Å². The molecule has 6 nitrogen and oxygen atoms in total. The van der Waals surface area contributed by atoms with Gasteiger partial charge >= 0.3 is 6.18 Å². The van der Waals surface area contributed by atoms with Crippen LogP contribution in [0.4, 0.5) is 24.5 Å². The highest BCUT2D eigenvalue weighted by Gasteiger charge is 2.30. The van der Waals surface area contributed by atoms with Crippen LogP contribution in [-0.2, 0) is 11.0 Å². The number of hydrogen-bond acceptors (Lipinski definition) is 4. The van der Waals surface area contributed by atoms with E-state index in [-0.39, 0.29) is 11.6 Å². The Bertz CT molecular complexity index is 919. The van der Waals surface area contributed by atoms with Crippen molar-refractivity contribution in [3.63, 3.8) is 0 Å². The van der Waals surface area contributed by atoms with Crippen LogP contribution in [0.3, 0.4) is 0 Å². The van der Waals surface area contributed by atoms with E-state index in [4.69, 9.17) is 0 Å². The molecule has 1 saturated heterocycles. The molecule has 2 aromatic carbocycles. The summed E-state index contributed by atoms with van der Waals surface area (Å²) in [5.74, 6) is -0.257. The minimum absolute atomic E-state index is 0.0227. The first-order valence-electron chi connectivity index (χ1n) is 8.88. The molecule has 29 heavy (non-hydrogen) atoms. The lowest BCUT2D eigenvalue weighted by Gasteiger charge is -2.35. The van der Waals surface area contributed by atoms with Gasteiger partial charge in [-0.25, -0.2) is 0 Å². The van der Waals surface area contributed by atoms with E-state index in [0.29, 0.717) is 37.4 Å². The van der Waals surface area contributed by atoms with Gasteiger partial charge < -0.3 is 9.80 Å². The second-order valence-corrected chi connectivity index (χ2v) is 6.51. The van der Waals surface area contributed by atoms with Crippen molar-refractivity contribution in [2.75, 3.05) is 31.1 Å². The maximum Gasteiger partial charge on any atom is 0.416 e. The van der Waals surface area contributed by atoms with Crippen molar-refractivity contribution in [2.24, 2.45) is 0 Å². The monoisotopic (exact) mass is 405 g/mol. The van der Waals surface area contributed by atoms with Gasteiger partial charge in [0.2, 0.25) is 5.91 Å². The van der Waals surface area contributed by atoms with E-state index in [1.165, 1.54) is 30.4 Å². The lowest BCUT2D eigenvalue weighted by atomic mass is 10.1. The molecule has 0 spiro atoms. The normalized spacial score (nSPS) is 15.0. The molecule has 1 heterocycles. The van der Waals surface area contributed by atoms with Crippen LogP contribution in [-0.4, -0.2) is 41.9 Å². The summed E-state index contributed by atoms with van der Waals surface area (Å²) in [6.45, 7) is 1.68. The third-order valence-electron chi connectivity index (χ3n) is 4.67. The number of nitro benzene ring substituents is 1. The van der Waals surface area contributed by atoms with E-state index >= 15 is 0 Å². The molecular formula is C20H18F3N3O3. The Kier molecular flexibility index (Phi) is 5.86. The molecule has 2 aromatic rings. The highest BCUT2D eigenvalue weighted by atomic mass is 19.4. The van der Waals surface area contributed by atoms with E-state index in [0.717, 1.165) is 12.1 Å². The third-order valence-corrected chi connectivity index (χ3v) is 4.67. The SMILES string of the molecule is O=C(/C=C/c1ccc(C(F)(F)F)cc1)N1CCN(c2ccccc2[N+](=O)[O-])CC1. The largest absolute Gasteiger partial charge is 0.416 e. The molecule has 0 N–H and O–H groups in total. The van der Waals surface area contributed by atoms with E-state index < -0.39 is 16.7 Å². The lowest BCUT2D eigenvalue weighted by Crippen LogP contribution is -2.48. The average molecular weight is 405 g/mol. The quantitative estimate of drug-likeness (QED) is 0.439. The van der Waals surface area contributed by atoms with Crippen LogP contribution < -0.4 is 4.90 Å². The molecular weight excluding hydrogens is 387 g/mol. The summed E-state index contributed by atoms with van der Waals surface area (Å²) >= 11 is 0. The van der Waals surface area contributed by atoms with E-state index in [1.54, 1.807) is 23.1 Å². The minimum atomic E-state index is -4.40. The van der Waals surface area contributed by atoms with Crippen molar-refractivity contribution in [2.45, 2.75) is 6.18 Å². The summed E-state index contributed by atoms with van der Waals surface area (Å²) in [7, 11) is 0. The molecule has 0 unspecified atom stereocenters. The zero-order valence-electron chi connectivity index (χ0n) is 15.3. The van der Waals surface area contributed by atoms with Gasteiger partial charge in [0, 0.05) is 38.3 Å². The number of amides is 1. The van der Waals surface area contributed by atoms with Crippen molar-refractivity contribution < 1.29 is 22.9 Å². The molecule has 1 aliphatic rings. The molecule has 0 atom stereocenters. The molecule has 0 bridgehead atoms. The second kappa shape index (κ2) is 8.34. The first kappa shape index (κ1) is 20.4. The number of anilines is 1. The van der Waals surface area contributed by atoms with Gasteiger partial charge in [-0.3, -0.25) is 14.9 Å². The van der Waals surface area contributed by atoms with Gasteiger partial charge in [-0.15, -0.1) is 0 Å². The number of para-hydroxylation sites is 2. The van der Waals surface area contributed by atoms with Crippen LogP contribution in [0.2, 0.25) is 0 Å². The Labute approximate surface area is 165 Å². The van der Waals surface area contributed by atoms with Crippen LogP contribution in [0.15, 0.2) is 54.6 Å². The summed E-state index contributed by atoms with van der Waals surface area (Å²) < 4.78 is 37.7. The number of carbonyl (C=O) groups excluding carboxylic acids is 1. The van der Waals surface area contributed by atoms with Crippen molar-refractivity contribution >= 4 is 23.4 Å². The zero-order valence-corrected chi connectivity index (χ0v) is 15.3. The molecule has 0 saturated carbocycles. The number of piperazine rings is 1. The smallest absolute Gasteiger partial charge is 0.362 e. The van der Waals surface area contributed by atoms with E-state index in [9.17, 15) is 28.1 Å². The number of halogens is 3. The van der Waals surface area contributed by atoms with E-state index in [2.05, 4.69) is 0 Å². The van der Waals surface area contributed by atoms with Crippen molar-refractivity contribution in [3.05, 3.63) is 75.8 Å². The Morgan fingerprint density at radius 2 is 1.62 bits per heavy atom. The molecule has 0 radical (unpaired) electrons. The Morgan fingerprint density at radius 3 is 2.21 bits per heavy atom. The summed E-state index contributed by atoms with van der Waals surface area (Å²) in [5, 5.41) is 11.2. The van der Waals surface area contributed by atoms with Crippen LogP contribution in [0.5, 0.6) is 0 Å². The average Bonchev–Trinajstić information content (AvgIpc) is 2.71. The van der Waals surface area contributed by atoms with Crippen LogP contribution in [0.1, 0.15) is 11.1 Å². The van der Waals surface area contributed by atoms with E-state index in [1.807, 2.05) is 4.90 Å². The summed E-state index contributed by atoms with van der Waals surface area (Å²) in [6, 6.07) is 11.0. The fraction of sp³-hybridized carbons (Fsp3) is 0.250. The number of benzene rings is 2. The standard InChI is InChI=1S/C20H18F3N3O3/c21-20(22,23)16-8-5-15(6-9-16)7-10-19(27)25-13-11-24(12-14-25)17-3-1-2-4-18(17)26(28)29/h1-10H,11-14H2/b10-7+. The van der Waals surface area contributed by atoms with Gasteiger partial charge in [-0.05, 0) is 29.8 Å². The van der Waals surface area contributed by atoms with Crippen molar-refractivity contribution in [1.82, 2.24) is 4.90 Å². The highest BCUT2D eigenvalue weighted by Crippen LogP contribution is 2.30. The first-order chi connectivity index (χ1) is 13.8. The first-order valence-corrected chi connectivity index (χ1v) is 8.88. The Morgan fingerprint density at radius 1 is 1.00 bits per heavy atom. The number of hydrogen-bond donors (Lipinski definition) is 0. The van der Waals surface area contributed by atoms with Gasteiger partial charge in [0.25, 0.3) is 5.69 Å².